The third kappa shape index (κ3) is 21.5. The van der Waals surface area contributed by atoms with Crippen LogP contribution < -0.4 is 0 Å². The van der Waals surface area contributed by atoms with Crippen LogP contribution in [0.4, 0.5) is 0 Å². The third-order valence-corrected chi connectivity index (χ3v) is 4.49. The molecule has 0 nitrogen and oxygen atoms in total. The minimum atomic E-state index is 1.26. The van der Waals surface area contributed by atoms with Crippen molar-refractivity contribution in [2.75, 3.05) is 0 Å². The van der Waals surface area contributed by atoms with Gasteiger partial charge in [-0.25, -0.2) is 0 Å². The Balaban J connectivity index is 3.02. The Hall–Kier alpha value is -0.520. The molecule has 0 aliphatic heterocycles. The summed E-state index contributed by atoms with van der Waals surface area (Å²) >= 11 is 0. The second-order valence-electron chi connectivity index (χ2n) is 6.99. The van der Waals surface area contributed by atoms with E-state index >= 15 is 0 Å². The molecule has 0 rings (SSSR count). The molecule has 0 heterocycles. The molecular formula is C23H44. The SMILES string of the molecule is CCCC=CCCCCCCCCCCCCCC=CCCC. The van der Waals surface area contributed by atoms with E-state index in [9.17, 15) is 0 Å². The quantitative estimate of drug-likeness (QED) is 0.175. The molecule has 0 heteroatoms. The third-order valence-electron chi connectivity index (χ3n) is 4.49. The van der Waals surface area contributed by atoms with Gasteiger partial charge < -0.3 is 0 Å². The van der Waals surface area contributed by atoms with E-state index in [1.165, 1.54) is 109 Å². The number of unbranched alkanes of at least 4 members (excludes halogenated alkanes) is 14. The van der Waals surface area contributed by atoms with Gasteiger partial charge in [-0.05, 0) is 38.5 Å². The molecule has 0 spiro atoms. The van der Waals surface area contributed by atoms with E-state index < -0.39 is 0 Å². The lowest BCUT2D eigenvalue weighted by Crippen LogP contribution is -1.82. The van der Waals surface area contributed by atoms with E-state index in [-0.39, 0.29) is 0 Å². The summed E-state index contributed by atoms with van der Waals surface area (Å²) in [6.07, 6.45) is 33.0. The Kier molecular flexibility index (Phi) is 21.0. The Labute approximate surface area is 147 Å². The molecule has 0 saturated carbocycles. The monoisotopic (exact) mass is 320 g/mol. The van der Waals surface area contributed by atoms with Crippen LogP contribution in [0.5, 0.6) is 0 Å². The fourth-order valence-corrected chi connectivity index (χ4v) is 2.92. The van der Waals surface area contributed by atoms with Crippen LogP contribution in [0.25, 0.3) is 0 Å². The average Bonchev–Trinajstić information content (AvgIpc) is 2.57. The first-order chi connectivity index (χ1) is 11.4. The summed E-state index contributed by atoms with van der Waals surface area (Å²) in [6.45, 7) is 4.49. The van der Waals surface area contributed by atoms with Crippen LogP contribution in [0.15, 0.2) is 24.3 Å². The number of rotatable bonds is 18. The normalized spacial score (nSPS) is 11.9. The molecule has 0 unspecified atom stereocenters. The molecule has 0 saturated heterocycles. The van der Waals surface area contributed by atoms with Crippen molar-refractivity contribution in [1.29, 1.82) is 0 Å². The van der Waals surface area contributed by atoms with E-state index in [2.05, 4.69) is 38.2 Å². The molecule has 0 bridgehead atoms. The van der Waals surface area contributed by atoms with Crippen molar-refractivity contribution < 1.29 is 0 Å². The van der Waals surface area contributed by atoms with Gasteiger partial charge in [0.2, 0.25) is 0 Å². The zero-order valence-corrected chi connectivity index (χ0v) is 16.3. The van der Waals surface area contributed by atoms with Crippen molar-refractivity contribution in [3.63, 3.8) is 0 Å². The number of allylic oxidation sites excluding steroid dienone is 4. The second-order valence-corrected chi connectivity index (χ2v) is 6.99. The standard InChI is InChI=1S/C23H44/c1-3-5-7-9-11-13-15-17-19-21-23-22-20-18-16-14-12-10-8-6-4-2/h7-10H,3-6,11-23H2,1-2H3. The molecule has 0 fully saturated rings. The van der Waals surface area contributed by atoms with Crippen LogP contribution in [0, 0.1) is 0 Å². The number of hydrogen-bond acceptors (Lipinski definition) is 0. The summed E-state index contributed by atoms with van der Waals surface area (Å²) in [5, 5.41) is 0. The Morgan fingerprint density at radius 2 is 0.609 bits per heavy atom. The molecular weight excluding hydrogens is 276 g/mol. The Morgan fingerprint density at radius 1 is 0.348 bits per heavy atom. The van der Waals surface area contributed by atoms with Crippen molar-refractivity contribution in [3.05, 3.63) is 24.3 Å². The predicted molar refractivity (Wildman–Crippen MR) is 108 cm³/mol. The molecule has 0 radical (unpaired) electrons. The van der Waals surface area contributed by atoms with Crippen LogP contribution >= 0.6 is 0 Å². The van der Waals surface area contributed by atoms with Crippen LogP contribution in [0.2, 0.25) is 0 Å². The van der Waals surface area contributed by atoms with E-state index in [0.29, 0.717) is 0 Å². The van der Waals surface area contributed by atoms with Gasteiger partial charge in [0.05, 0.1) is 0 Å². The van der Waals surface area contributed by atoms with Gasteiger partial charge in [-0.2, -0.15) is 0 Å². The zero-order chi connectivity index (χ0) is 16.8. The van der Waals surface area contributed by atoms with Gasteiger partial charge in [0.1, 0.15) is 0 Å². The zero-order valence-electron chi connectivity index (χ0n) is 16.3. The molecule has 0 aliphatic rings. The predicted octanol–water partition coefficient (Wildman–Crippen LogP) is 8.77. The van der Waals surface area contributed by atoms with E-state index in [0.717, 1.165) is 0 Å². The van der Waals surface area contributed by atoms with Crippen LogP contribution in [0.1, 0.15) is 123 Å². The van der Waals surface area contributed by atoms with Crippen molar-refractivity contribution in [2.45, 2.75) is 123 Å². The van der Waals surface area contributed by atoms with Crippen molar-refractivity contribution >= 4 is 0 Å². The molecule has 0 amide bonds. The topological polar surface area (TPSA) is 0 Å². The maximum atomic E-state index is 2.38. The number of hydrogen-bond donors (Lipinski definition) is 0. The van der Waals surface area contributed by atoms with E-state index in [4.69, 9.17) is 0 Å². The summed E-state index contributed by atoms with van der Waals surface area (Å²) in [5.41, 5.74) is 0. The first-order valence-corrected chi connectivity index (χ1v) is 10.7. The lowest BCUT2D eigenvalue weighted by atomic mass is 10.0. The van der Waals surface area contributed by atoms with Gasteiger partial charge in [-0.1, -0.05) is 109 Å². The molecule has 136 valence electrons. The van der Waals surface area contributed by atoms with E-state index in [1.807, 2.05) is 0 Å². The lowest BCUT2D eigenvalue weighted by molar-refractivity contribution is 0.547. The summed E-state index contributed by atoms with van der Waals surface area (Å²) in [7, 11) is 0. The average molecular weight is 321 g/mol. The highest BCUT2D eigenvalue weighted by Gasteiger charge is 1.93. The molecule has 0 N–H and O–H groups in total. The first-order valence-electron chi connectivity index (χ1n) is 10.7. The fraction of sp³-hybridized carbons (Fsp3) is 0.826. The highest BCUT2D eigenvalue weighted by atomic mass is 14.0. The van der Waals surface area contributed by atoms with Crippen LogP contribution in [-0.2, 0) is 0 Å². The summed E-state index contributed by atoms with van der Waals surface area (Å²) in [5.74, 6) is 0. The van der Waals surface area contributed by atoms with Gasteiger partial charge in [-0.3, -0.25) is 0 Å². The van der Waals surface area contributed by atoms with Crippen molar-refractivity contribution in [1.82, 2.24) is 0 Å². The Morgan fingerprint density at radius 3 is 0.913 bits per heavy atom. The van der Waals surface area contributed by atoms with Gasteiger partial charge >= 0.3 is 0 Å². The minimum absolute atomic E-state index is 1.26. The van der Waals surface area contributed by atoms with Crippen molar-refractivity contribution in [3.8, 4) is 0 Å². The maximum absolute atomic E-state index is 2.38. The summed E-state index contributed by atoms with van der Waals surface area (Å²) in [6, 6.07) is 0. The lowest BCUT2D eigenvalue weighted by Gasteiger charge is -2.02. The molecule has 0 aliphatic carbocycles. The highest BCUT2D eigenvalue weighted by molar-refractivity contribution is 4.81. The highest BCUT2D eigenvalue weighted by Crippen LogP contribution is 2.13. The van der Waals surface area contributed by atoms with Gasteiger partial charge in [-0.15, -0.1) is 0 Å². The second kappa shape index (κ2) is 21.5. The molecule has 0 aromatic carbocycles. The Bertz CT molecular complexity index is 223. The van der Waals surface area contributed by atoms with Gasteiger partial charge in [0.15, 0.2) is 0 Å². The summed E-state index contributed by atoms with van der Waals surface area (Å²) in [4.78, 5) is 0. The summed E-state index contributed by atoms with van der Waals surface area (Å²) < 4.78 is 0. The fourth-order valence-electron chi connectivity index (χ4n) is 2.92. The molecule has 0 aromatic rings. The molecule has 23 heavy (non-hydrogen) atoms. The smallest absolute Gasteiger partial charge is 0.0351 e. The van der Waals surface area contributed by atoms with Gasteiger partial charge in [0, 0.05) is 0 Å². The van der Waals surface area contributed by atoms with E-state index in [1.54, 1.807) is 0 Å². The largest absolute Gasteiger partial charge is 0.0885 e. The van der Waals surface area contributed by atoms with Gasteiger partial charge in [0.25, 0.3) is 0 Å². The van der Waals surface area contributed by atoms with Crippen LogP contribution in [-0.4, -0.2) is 0 Å². The van der Waals surface area contributed by atoms with Crippen molar-refractivity contribution in [2.24, 2.45) is 0 Å². The molecule has 0 aromatic heterocycles. The van der Waals surface area contributed by atoms with Crippen LogP contribution in [0.3, 0.4) is 0 Å². The first kappa shape index (κ1) is 22.5. The molecule has 0 atom stereocenters. The maximum Gasteiger partial charge on any atom is -0.0351 e. The minimum Gasteiger partial charge on any atom is -0.0885 e.